The number of nitrogens with zero attached hydrogens (tertiary/aromatic N) is 4. The molecule has 0 aliphatic carbocycles. The minimum atomic E-state index is -1.20. The van der Waals surface area contributed by atoms with Crippen LogP contribution in [-0.4, -0.2) is 38.2 Å². The number of rotatable bonds is 6. The number of pyridine rings is 1. The topological polar surface area (TPSA) is 97.7 Å². The number of benzene rings is 2. The Hall–Kier alpha value is -4.56. The number of carboxylic acid groups (broad SMARTS) is 1. The summed E-state index contributed by atoms with van der Waals surface area (Å²) >= 11 is 0. The zero-order valence-corrected chi connectivity index (χ0v) is 23.6. The minimum Gasteiger partial charge on any atom is -0.493 e. The van der Waals surface area contributed by atoms with Crippen LogP contribution in [0.2, 0.25) is 0 Å². The van der Waals surface area contributed by atoms with E-state index in [1.807, 2.05) is 70.3 Å². The van der Waals surface area contributed by atoms with Crippen LogP contribution in [0.25, 0.3) is 28.1 Å². The summed E-state index contributed by atoms with van der Waals surface area (Å²) in [6.07, 6.45) is 10.4. The lowest BCUT2D eigenvalue weighted by Crippen LogP contribution is -2.29. The van der Waals surface area contributed by atoms with Gasteiger partial charge in [0.1, 0.15) is 12.1 Å². The molecule has 6 rings (SSSR count). The van der Waals surface area contributed by atoms with Crippen LogP contribution in [0.3, 0.4) is 0 Å². The van der Waals surface area contributed by atoms with Crippen molar-refractivity contribution < 1.29 is 19.4 Å². The number of carboxylic acids is 1. The summed E-state index contributed by atoms with van der Waals surface area (Å²) in [7, 11) is 0. The van der Waals surface area contributed by atoms with Gasteiger partial charge in [0.25, 0.3) is 0 Å². The molecule has 208 valence electrons. The van der Waals surface area contributed by atoms with Crippen LogP contribution >= 0.6 is 0 Å². The number of ether oxygens (including phenoxy) is 2. The molecule has 0 fully saturated rings. The van der Waals surface area contributed by atoms with Crippen molar-refractivity contribution in [2.24, 2.45) is 0 Å². The number of aryl methyl sites for hydroxylation is 1. The van der Waals surface area contributed by atoms with Gasteiger partial charge in [-0.1, -0.05) is 12.7 Å². The van der Waals surface area contributed by atoms with Crippen molar-refractivity contribution in [3.63, 3.8) is 0 Å². The number of fused-ring (bicyclic) bond motifs is 1. The Morgan fingerprint density at radius 1 is 1.20 bits per heavy atom. The maximum atomic E-state index is 12.8. The van der Waals surface area contributed by atoms with Crippen molar-refractivity contribution >= 4 is 28.6 Å². The van der Waals surface area contributed by atoms with E-state index >= 15 is 0 Å². The highest BCUT2D eigenvalue weighted by atomic mass is 16.5. The molecule has 0 unspecified atom stereocenters. The molecular weight excluding hydrogens is 516 g/mol. The van der Waals surface area contributed by atoms with E-state index in [0.717, 1.165) is 67.8 Å². The third-order valence-electron chi connectivity index (χ3n) is 7.42. The molecule has 0 saturated carbocycles. The summed E-state index contributed by atoms with van der Waals surface area (Å²) in [4.78, 5) is 28.1. The Balaban J connectivity index is 1.67. The number of aromatic nitrogens is 3. The van der Waals surface area contributed by atoms with Gasteiger partial charge in [-0.15, -0.1) is 0 Å². The molecule has 2 aromatic heterocycles. The van der Waals surface area contributed by atoms with Gasteiger partial charge in [-0.3, -0.25) is 4.98 Å². The average Bonchev–Trinajstić information content (AvgIpc) is 2.94. The van der Waals surface area contributed by atoms with Crippen LogP contribution in [0.5, 0.6) is 5.75 Å². The van der Waals surface area contributed by atoms with Gasteiger partial charge >= 0.3 is 5.97 Å². The predicted octanol–water partition coefficient (Wildman–Crippen LogP) is 6.42. The number of hydrogen-bond acceptors (Lipinski definition) is 7. The van der Waals surface area contributed by atoms with Crippen LogP contribution in [0.15, 0.2) is 67.5 Å². The molecule has 8 nitrogen and oxygen atoms in total. The fourth-order valence-electron chi connectivity index (χ4n) is 5.75. The number of allylic oxidation sites excluding steroid dienone is 1. The Kier molecular flexibility index (Phi) is 6.58. The van der Waals surface area contributed by atoms with Crippen molar-refractivity contribution in [1.82, 2.24) is 15.0 Å². The van der Waals surface area contributed by atoms with Gasteiger partial charge in [-0.2, -0.15) is 0 Å². The second-order valence-electron chi connectivity index (χ2n) is 11.4. The van der Waals surface area contributed by atoms with E-state index in [2.05, 4.69) is 21.4 Å². The highest BCUT2D eigenvalue weighted by Gasteiger charge is 2.35. The first-order chi connectivity index (χ1) is 19.6. The Morgan fingerprint density at radius 2 is 1.98 bits per heavy atom. The van der Waals surface area contributed by atoms with Crippen molar-refractivity contribution in [1.29, 1.82) is 0 Å². The van der Waals surface area contributed by atoms with E-state index in [1.54, 1.807) is 12.4 Å². The summed E-state index contributed by atoms with van der Waals surface area (Å²) in [6.45, 7) is 13.0. The number of hydrogen-bond donors (Lipinski definition) is 1. The van der Waals surface area contributed by atoms with Gasteiger partial charge < -0.3 is 19.5 Å². The van der Waals surface area contributed by atoms with Gasteiger partial charge in [0.05, 0.1) is 24.3 Å². The summed E-state index contributed by atoms with van der Waals surface area (Å²) in [5, 5.41) is 11.5. The van der Waals surface area contributed by atoms with Crippen molar-refractivity contribution in [2.75, 3.05) is 11.5 Å². The molecule has 2 aliphatic heterocycles. The van der Waals surface area contributed by atoms with Gasteiger partial charge in [0.2, 0.25) is 0 Å². The van der Waals surface area contributed by atoms with Gasteiger partial charge in [0.15, 0.2) is 6.10 Å². The van der Waals surface area contributed by atoms with E-state index in [-0.39, 0.29) is 0 Å². The fourth-order valence-corrected chi connectivity index (χ4v) is 5.75. The molecule has 4 heterocycles. The summed E-state index contributed by atoms with van der Waals surface area (Å²) < 4.78 is 12.2. The molecule has 0 spiro atoms. The first kappa shape index (κ1) is 26.7. The summed E-state index contributed by atoms with van der Waals surface area (Å²) in [5.74, 6) is -0.262. The highest BCUT2D eigenvalue weighted by Crippen LogP contribution is 2.48. The first-order valence-corrected chi connectivity index (χ1v) is 13.6. The lowest BCUT2D eigenvalue weighted by molar-refractivity contribution is -0.160. The predicted molar refractivity (Wildman–Crippen MR) is 159 cm³/mol. The Labute approximate surface area is 239 Å². The maximum Gasteiger partial charge on any atom is 0.337 e. The number of aliphatic carboxylic acids is 1. The molecule has 0 radical (unpaired) electrons. The molecule has 1 atom stereocenters. The lowest BCUT2D eigenvalue weighted by atomic mass is 9.84. The Morgan fingerprint density at radius 3 is 2.71 bits per heavy atom. The molecule has 8 heteroatoms. The smallest absolute Gasteiger partial charge is 0.337 e. The maximum absolute atomic E-state index is 12.8. The molecule has 0 amide bonds. The van der Waals surface area contributed by atoms with E-state index < -0.39 is 17.7 Å². The monoisotopic (exact) mass is 548 g/mol. The number of anilines is 1. The molecule has 41 heavy (non-hydrogen) atoms. The van der Waals surface area contributed by atoms with E-state index in [9.17, 15) is 9.90 Å². The van der Waals surface area contributed by atoms with E-state index in [0.29, 0.717) is 18.7 Å². The third-order valence-corrected chi connectivity index (χ3v) is 7.42. The SMILES string of the molecule is C=C1C=Cc2c(cc(C)c([C@H](OC(C)(C)C)C(=O)O)c2-c2ccc3c4c(ccnc24)CCO3)N1Cc1cncnc1. The zero-order valence-electron chi connectivity index (χ0n) is 23.6. The fraction of sp³-hybridized carbons (Fsp3) is 0.273. The molecule has 2 aliphatic rings. The second kappa shape index (κ2) is 10.1. The van der Waals surface area contributed by atoms with Gasteiger partial charge in [-0.25, -0.2) is 14.8 Å². The largest absolute Gasteiger partial charge is 0.493 e. The molecule has 1 N–H and O–H groups in total. The average molecular weight is 549 g/mol. The molecule has 0 bridgehead atoms. The van der Waals surface area contributed by atoms with E-state index in [1.165, 1.54) is 6.33 Å². The third kappa shape index (κ3) is 4.85. The second-order valence-corrected chi connectivity index (χ2v) is 11.4. The zero-order chi connectivity index (χ0) is 28.9. The van der Waals surface area contributed by atoms with Gasteiger partial charge in [0, 0.05) is 64.0 Å². The normalized spacial score (nSPS) is 15.0. The Bertz CT molecular complexity index is 1710. The first-order valence-electron chi connectivity index (χ1n) is 13.6. The van der Waals surface area contributed by atoms with Crippen molar-refractivity contribution in [3.8, 4) is 16.9 Å². The molecule has 0 saturated heterocycles. The number of carbonyl (C=O) groups is 1. The molecule has 2 aromatic carbocycles. The standard InChI is InChI=1S/C33H32N4O4/c1-19-14-25-23(7-6-20(2)37(25)17-21-15-34-18-35-16-21)29(27(19)31(32(38)39)41-33(3,4)5)24-8-9-26-28-22(11-13-40-26)10-12-36-30(24)28/h6-10,12,14-16,18,31H,2,11,13,17H2,1,3-5H3,(H,38,39)/t31-/m0/s1. The molecule has 4 aromatic rings. The lowest BCUT2D eigenvalue weighted by Gasteiger charge is -2.35. The van der Waals surface area contributed by atoms with Crippen LogP contribution in [-0.2, 0) is 22.5 Å². The van der Waals surface area contributed by atoms with Crippen LogP contribution in [0.4, 0.5) is 5.69 Å². The molecular formula is C33H32N4O4. The van der Waals surface area contributed by atoms with Crippen LogP contribution in [0, 0.1) is 6.92 Å². The minimum absolute atomic E-state index is 0.506. The summed E-state index contributed by atoms with van der Waals surface area (Å²) in [6, 6.07) is 8.00. The summed E-state index contributed by atoms with van der Waals surface area (Å²) in [5.41, 5.74) is 7.76. The van der Waals surface area contributed by atoms with Crippen molar-refractivity contribution in [2.45, 2.75) is 52.4 Å². The van der Waals surface area contributed by atoms with Crippen LogP contribution < -0.4 is 9.64 Å². The van der Waals surface area contributed by atoms with Crippen molar-refractivity contribution in [3.05, 3.63) is 95.4 Å². The highest BCUT2D eigenvalue weighted by molar-refractivity contribution is 6.04. The van der Waals surface area contributed by atoms with Gasteiger partial charge in [-0.05, 0) is 74.7 Å². The quantitative estimate of drug-likeness (QED) is 0.295. The van der Waals surface area contributed by atoms with E-state index in [4.69, 9.17) is 14.5 Å². The van der Waals surface area contributed by atoms with Crippen LogP contribution in [0.1, 0.15) is 54.7 Å².